The molecule has 0 bridgehead atoms. The van der Waals surface area contributed by atoms with Crippen LogP contribution in [0.2, 0.25) is 0 Å². The van der Waals surface area contributed by atoms with Gasteiger partial charge in [0.05, 0.1) is 19.0 Å². The molecule has 1 heterocycles. The van der Waals surface area contributed by atoms with Crippen LogP contribution in [0.15, 0.2) is 36.5 Å². The Labute approximate surface area is 144 Å². The fourth-order valence-corrected chi connectivity index (χ4v) is 2.57. The first-order chi connectivity index (χ1) is 11.5. The molecular formula is C19H27N3O2. The quantitative estimate of drug-likeness (QED) is 0.801. The number of methoxy groups -OCH3 is 1. The van der Waals surface area contributed by atoms with Crippen LogP contribution in [0.3, 0.4) is 0 Å². The minimum absolute atomic E-state index is 0.114. The van der Waals surface area contributed by atoms with Gasteiger partial charge in [0.25, 0.3) is 5.91 Å². The van der Waals surface area contributed by atoms with Crippen molar-refractivity contribution in [1.29, 1.82) is 0 Å². The van der Waals surface area contributed by atoms with E-state index in [0.717, 1.165) is 18.5 Å². The second-order valence-electron chi connectivity index (χ2n) is 6.53. The molecule has 1 amide bonds. The molecule has 24 heavy (non-hydrogen) atoms. The maximum absolute atomic E-state index is 12.5. The Morgan fingerprint density at radius 3 is 2.54 bits per heavy atom. The minimum atomic E-state index is -0.196. The Morgan fingerprint density at radius 1 is 1.21 bits per heavy atom. The average molecular weight is 329 g/mol. The molecule has 5 heteroatoms. The van der Waals surface area contributed by atoms with Crippen LogP contribution in [0.5, 0.6) is 5.75 Å². The summed E-state index contributed by atoms with van der Waals surface area (Å²) in [6, 6.07) is 9.78. The van der Waals surface area contributed by atoms with Crippen LogP contribution in [-0.2, 0) is 0 Å². The van der Waals surface area contributed by atoms with Gasteiger partial charge in [0.2, 0.25) is 0 Å². The topological polar surface area (TPSA) is 56.2 Å². The molecule has 1 aromatic carbocycles. The smallest absolute Gasteiger partial charge is 0.275 e. The molecule has 1 N–H and O–H groups in total. The van der Waals surface area contributed by atoms with Crippen LogP contribution in [0, 0.1) is 5.92 Å². The van der Waals surface area contributed by atoms with Crippen LogP contribution < -0.4 is 10.1 Å². The maximum atomic E-state index is 12.5. The number of hydrogen-bond acceptors (Lipinski definition) is 3. The zero-order valence-electron chi connectivity index (χ0n) is 15.0. The molecule has 2 rings (SSSR count). The molecule has 1 aromatic heterocycles. The number of benzene rings is 1. The van der Waals surface area contributed by atoms with Gasteiger partial charge in [-0.1, -0.05) is 44.9 Å². The summed E-state index contributed by atoms with van der Waals surface area (Å²) in [4.78, 5) is 12.5. The number of hydrogen-bond donors (Lipinski definition) is 1. The Bertz CT molecular complexity index is 650. The highest BCUT2D eigenvalue weighted by molar-refractivity contribution is 5.95. The monoisotopic (exact) mass is 329 g/mol. The molecule has 0 aliphatic rings. The third kappa shape index (κ3) is 4.85. The molecule has 5 nitrogen and oxygen atoms in total. The van der Waals surface area contributed by atoms with E-state index in [-0.39, 0.29) is 11.9 Å². The van der Waals surface area contributed by atoms with E-state index in [1.54, 1.807) is 18.0 Å². The number of carbonyl (C=O) groups is 1. The van der Waals surface area contributed by atoms with Crippen molar-refractivity contribution in [2.45, 2.75) is 46.1 Å². The fourth-order valence-electron chi connectivity index (χ4n) is 2.57. The third-order valence-corrected chi connectivity index (χ3v) is 3.93. The highest BCUT2D eigenvalue weighted by Gasteiger charge is 2.19. The van der Waals surface area contributed by atoms with Crippen molar-refractivity contribution in [1.82, 2.24) is 15.1 Å². The number of ether oxygens (including phenoxy) is 1. The number of nitrogens with zero attached hydrogens (tertiary/aromatic N) is 2. The number of carbonyl (C=O) groups excluding carboxylic acids is 1. The standard InChI is InChI=1S/C19H27N3O2/c1-14(2)9-8-10-15(3)20-19(23)18-17(24-4)13-22(21-18)16-11-6-5-7-12-16/h5-7,11-15H,8-10H2,1-4H3,(H,20,23). The molecule has 0 aliphatic heterocycles. The molecule has 0 fully saturated rings. The van der Waals surface area contributed by atoms with Crippen molar-refractivity contribution in [3.8, 4) is 11.4 Å². The predicted octanol–water partition coefficient (Wildman–Crippen LogP) is 3.83. The predicted molar refractivity (Wildman–Crippen MR) is 95.7 cm³/mol. The third-order valence-electron chi connectivity index (χ3n) is 3.93. The summed E-state index contributed by atoms with van der Waals surface area (Å²) in [5.41, 5.74) is 1.21. The lowest BCUT2D eigenvalue weighted by molar-refractivity contribution is 0.0929. The van der Waals surface area contributed by atoms with Crippen LogP contribution in [-0.4, -0.2) is 28.8 Å². The minimum Gasteiger partial charge on any atom is -0.493 e. The van der Waals surface area contributed by atoms with Crippen molar-refractivity contribution in [3.05, 3.63) is 42.2 Å². The van der Waals surface area contributed by atoms with E-state index >= 15 is 0 Å². The number of rotatable bonds is 8. The number of aromatic nitrogens is 2. The molecule has 0 saturated carbocycles. The van der Waals surface area contributed by atoms with Gasteiger partial charge in [-0.25, -0.2) is 4.68 Å². The van der Waals surface area contributed by atoms with Crippen LogP contribution in [0.1, 0.15) is 50.5 Å². The van der Waals surface area contributed by atoms with E-state index in [9.17, 15) is 4.79 Å². The lowest BCUT2D eigenvalue weighted by Crippen LogP contribution is -2.33. The lowest BCUT2D eigenvalue weighted by Gasteiger charge is -2.14. The molecule has 2 aromatic rings. The Kier molecular flexibility index (Phi) is 6.41. The van der Waals surface area contributed by atoms with Gasteiger partial charge < -0.3 is 10.1 Å². The maximum Gasteiger partial charge on any atom is 0.275 e. The second kappa shape index (κ2) is 8.52. The summed E-state index contributed by atoms with van der Waals surface area (Å²) in [7, 11) is 1.55. The van der Waals surface area contributed by atoms with E-state index in [2.05, 4.69) is 24.3 Å². The van der Waals surface area contributed by atoms with Gasteiger partial charge in [-0.3, -0.25) is 4.79 Å². The largest absolute Gasteiger partial charge is 0.493 e. The molecule has 0 spiro atoms. The van der Waals surface area contributed by atoms with Gasteiger partial charge in [-0.05, 0) is 31.4 Å². The van der Waals surface area contributed by atoms with Gasteiger partial charge in [-0.15, -0.1) is 0 Å². The highest BCUT2D eigenvalue weighted by atomic mass is 16.5. The molecule has 1 unspecified atom stereocenters. The van der Waals surface area contributed by atoms with E-state index in [1.165, 1.54) is 6.42 Å². The SMILES string of the molecule is COc1cn(-c2ccccc2)nc1C(=O)NC(C)CCCC(C)C. The van der Waals surface area contributed by atoms with Crippen LogP contribution in [0.4, 0.5) is 0 Å². The first kappa shape index (κ1) is 18.0. The first-order valence-electron chi connectivity index (χ1n) is 8.51. The zero-order valence-corrected chi connectivity index (χ0v) is 15.0. The normalized spacial score (nSPS) is 12.2. The zero-order chi connectivity index (χ0) is 17.5. The van der Waals surface area contributed by atoms with Crippen molar-refractivity contribution in [2.75, 3.05) is 7.11 Å². The number of nitrogens with one attached hydrogen (secondary N) is 1. The molecule has 1 atom stereocenters. The van der Waals surface area contributed by atoms with E-state index < -0.39 is 0 Å². The van der Waals surface area contributed by atoms with E-state index in [1.807, 2.05) is 37.3 Å². The van der Waals surface area contributed by atoms with Crippen molar-refractivity contribution < 1.29 is 9.53 Å². The molecule has 130 valence electrons. The highest BCUT2D eigenvalue weighted by Crippen LogP contribution is 2.19. The van der Waals surface area contributed by atoms with E-state index in [4.69, 9.17) is 4.74 Å². The molecule has 0 aliphatic carbocycles. The van der Waals surface area contributed by atoms with Crippen molar-refractivity contribution in [3.63, 3.8) is 0 Å². The summed E-state index contributed by atoms with van der Waals surface area (Å²) in [5.74, 6) is 0.971. The summed E-state index contributed by atoms with van der Waals surface area (Å²) >= 11 is 0. The van der Waals surface area contributed by atoms with Crippen molar-refractivity contribution >= 4 is 5.91 Å². The summed E-state index contributed by atoms with van der Waals surface area (Å²) in [5, 5.41) is 7.41. The summed E-state index contributed by atoms with van der Waals surface area (Å²) < 4.78 is 6.98. The molecular weight excluding hydrogens is 302 g/mol. The fraction of sp³-hybridized carbons (Fsp3) is 0.474. The van der Waals surface area contributed by atoms with Crippen molar-refractivity contribution in [2.24, 2.45) is 5.92 Å². The van der Waals surface area contributed by atoms with Gasteiger partial charge >= 0.3 is 0 Å². The van der Waals surface area contributed by atoms with E-state index in [0.29, 0.717) is 17.4 Å². The van der Waals surface area contributed by atoms with Gasteiger partial charge in [0, 0.05) is 6.04 Å². The summed E-state index contributed by atoms with van der Waals surface area (Å²) in [6.45, 7) is 6.45. The van der Waals surface area contributed by atoms with Crippen LogP contribution >= 0.6 is 0 Å². The number of para-hydroxylation sites is 1. The van der Waals surface area contributed by atoms with Gasteiger partial charge in [-0.2, -0.15) is 5.10 Å². The first-order valence-corrected chi connectivity index (χ1v) is 8.51. The van der Waals surface area contributed by atoms with Crippen LogP contribution in [0.25, 0.3) is 5.69 Å². The Hall–Kier alpha value is -2.30. The van der Waals surface area contributed by atoms with Gasteiger partial charge in [0.15, 0.2) is 11.4 Å². The Morgan fingerprint density at radius 2 is 1.92 bits per heavy atom. The number of amides is 1. The Balaban J connectivity index is 2.05. The average Bonchev–Trinajstić information content (AvgIpc) is 2.99. The molecule has 0 radical (unpaired) electrons. The second-order valence-corrected chi connectivity index (χ2v) is 6.53. The lowest BCUT2D eigenvalue weighted by atomic mass is 10.0. The summed E-state index contributed by atoms with van der Waals surface area (Å²) in [6.07, 6.45) is 4.97. The van der Waals surface area contributed by atoms with Gasteiger partial charge in [0.1, 0.15) is 0 Å². The molecule has 0 saturated heterocycles.